The molecule has 0 bridgehead atoms. The van der Waals surface area contributed by atoms with E-state index < -0.39 is 29.5 Å². The van der Waals surface area contributed by atoms with Gasteiger partial charge in [-0.05, 0) is 58.6 Å². The van der Waals surface area contributed by atoms with Crippen LogP contribution in [0.1, 0.15) is 57.1 Å². The number of nitrogens with zero attached hydrogens (tertiary/aromatic N) is 7. The molecule has 43 heavy (non-hydrogen) atoms. The molecule has 1 saturated carbocycles. The van der Waals surface area contributed by atoms with Crippen LogP contribution in [0.2, 0.25) is 0 Å². The van der Waals surface area contributed by atoms with Gasteiger partial charge in [0.15, 0.2) is 11.6 Å². The van der Waals surface area contributed by atoms with Crippen LogP contribution in [-0.4, -0.2) is 94.6 Å². The minimum absolute atomic E-state index is 0.0789. The number of hydrogen-bond donors (Lipinski definition) is 1. The van der Waals surface area contributed by atoms with Gasteiger partial charge in [0.05, 0.1) is 22.5 Å². The lowest BCUT2D eigenvalue weighted by Gasteiger charge is -2.42. The average Bonchev–Trinajstić information content (AvgIpc) is 3.37. The molecule has 1 aliphatic carbocycles. The molecular weight excluding hydrogens is 564 g/mol. The predicted molar refractivity (Wildman–Crippen MR) is 157 cm³/mol. The summed E-state index contributed by atoms with van der Waals surface area (Å²) in [4.78, 5) is 15.8. The fraction of sp³-hybridized carbons (Fsp3) is 0.633. The fourth-order valence-electron chi connectivity index (χ4n) is 6.73. The van der Waals surface area contributed by atoms with E-state index >= 15 is 0 Å². The molecule has 3 aromatic heterocycles. The van der Waals surface area contributed by atoms with Crippen LogP contribution in [0, 0.1) is 5.82 Å². The van der Waals surface area contributed by atoms with Crippen LogP contribution in [0.5, 0.6) is 5.88 Å². The average molecular weight is 605 g/mol. The van der Waals surface area contributed by atoms with Crippen molar-refractivity contribution in [3.8, 4) is 5.88 Å². The molecule has 9 nitrogen and oxygen atoms in total. The van der Waals surface area contributed by atoms with Gasteiger partial charge < -0.3 is 19.9 Å². The maximum absolute atomic E-state index is 14.5. The molecule has 0 spiro atoms. The first-order valence-electron chi connectivity index (χ1n) is 15.4. The second-order valence-electron chi connectivity index (χ2n) is 12.0. The number of halogens is 4. The lowest BCUT2D eigenvalue weighted by atomic mass is 9.93. The topological polar surface area (TPSA) is 74.6 Å². The number of likely N-dealkylation sites (N-methyl/N-ethyl adjacent to an activating group) is 1. The van der Waals surface area contributed by atoms with Crippen LogP contribution >= 0.6 is 0 Å². The van der Waals surface area contributed by atoms with E-state index in [1.54, 1.807) is 0 Å². The third-order valence-electron chi connectivity index (χ3n) is 9.18. The molecule has 3 aliphatic rings. The summed E-state index contributed by atoms with van der Waals surface area (Å²) in [6.07, 6.45) is 2.34. The van der Waals surface area contributed by atoms with Crippen molar-refractivity contribution in [1.29, 1.82) is 0 Å². The van der Waals surface area contributed by atoms with Gasteiger partial charge in [0, 0.05) is 70.3 Å². The molecule has 2 saturated heterocycles. The highest BCUT2D eigenvalue weighted by Crippen LogP contribution is 2.38. The first kappa shape index (κ1) is 29.9. The molecule has 1 N–H and O–H groups in total. The fourth-order valence-corrected chi connectivity index (χ4v) is 6.73. The van der Waals surface area contributed by atoms with Crippen molar-refractivity contribution in [3.05, 3.63) is 35.9 Å². The zero-order valence-electron chi connectivity index (χ0n) is 24.8. The molecule has 0 radical (unpaired) electrons. The van der Waals surface area contributed by atoms with Crippen molar-refractivity contribution in [1.82, 2.24) is 29.5 Å². The van der Waals surface area contributed by atoms with Crippen LogP contribution in [0.3, 0.4) is 0 Å². The Bertz CT molecular complexity index is 1390. The summed E-state index contributed by atoms with van der Waals surface area (Å²) in [5, 5.41) is 9.49. The van der Waals surface area contributed by atoms with Crippen molar-refractivity contribution < 1.29 is 22.3 Å². The lowest BCUT2D eigenvalue weighted by Crippen LogP contribution is -2.52. The number of pyridine rings is 2. The number of rotatable bonds is 7. The molecule has 0 amide bonds. The Balaban J connectivity index is 1.17. The number of nitrogens with one attached hydrogen (secondary N) is 1. The molecule has 13 heteroatoms. The first-order valence-corrected chi connectivity index (χ1v) is 15.4. The Morgan fingerprint density at radius 2 is 1.67 bits per heavy atom. The van der Waals surface area contributed by atoms with Crippen molar-refractivity contribution >= 4 is 22.5 Å². The molecule has 6 rings (SSSR count). The molecule has 5 heterocycles. The molecule has 234 valence electrons. The van der Waals surface area contributed by atoms with E-state index in [1.807, 2.05) is 13.1 Å². The zero-order chi connectivity index (χ0) is 30.1. The van der Waals surface area contributed by atoms with Gasteiger partial charge in [0.2, 0.25) is 0 Å². The van der Waals surface area contributed by atoms with Gasteiger partial charge in [-0.3, -0.25) is 9.58 Å². The Labute approximate surface area is 249 Å². The minimum atomic E-state index is -4.80. The summed E-state index contributed by atoms with van der Waals surface area (Å²) in [7, 11) is 2.18. The number of alkyl halides is 3. The number of fused-ring (bicyclic) bond motifs is 1. The highest BCUT2D eigenvalue weighted by molar-refractivity contribution is 5.91. The number of aromatic nitrogens is 4. The van der Waals surface area contributed by atoms with Crippen LogP contribution in [-0.2, 0) is 6.18 Å². The Hall–Kier alpha value is -3.19. The highest BCUT2D eigenvalue weighted by atomic mass is 19.4. The summed E-state index contributed by atoms with van der Waals surface area (Å²) in [6, 6.07) is 3.36. The molecule has 0 aromatic carbocycles. The summed E-state index contributed by atoms with van der Waals surface area (Å²) in [5.41, 5.74) is -0.350. The standard InChI is InChI=1S/C30H40F4N8O/c1-3-35-26-18-25-23(19-37-26)28(41-12-9-20(10-13-41)40-16-14-39(2)15-17-40)38-42(25)21-4-6-22(7-5-21)43-29-27(31)24(8-11-36-29)30(32,33)34/h8,11,18-22H,3-7,9-10,12-17H2,1-2H3,(H,35,37)/t21-,22+. The van der Waals surface area contributed by atoms with E-state index in [-0.39, 0.29) is 6.04 Å². The number of piperidine rings is 1. The summed E-state index contributed by atoms with van der Waals surface area (Å²) in [5.74, 6) is -0.304. The predicted octanol–water partition coefficient (Wildman–Crippen LogP) is 5.19. The van der Waals surface area contributed by atoms with Crippen molar-refractivity contribution in [3.63, 3.8) is 0 Å². The van der Waals surface area contributed by atoms with Gasteiger partial charge in [-0.15, -0.1) is 0 Å². The number of ether oxygens (including phenoxy) is 1. The molecule has 0 unspecified atom stereocenters. The Morgan fingerprint density at radius 1 is 0.953 bits per heavy atom. The van der Waals surface area contributed by atoms with E-state index in [2.05, 4.69) is 47.8 Å². The van der Waals surface area contributed by atoms with Crippen LogP contribution in [0.15, 0.2) is 24.5 Å². The van der Waals surface area contributed by atoms with E-state index in [1.165, 1.54) is 0 Å². The first-order chi connectivity index (χ1) is 20.7. The molecule has 3 aromatic rings. The third-order valence-corrected chi connectivity index (χ3v) is 9.18. The van der Waals surface area contributed by atoms with Gasteiger partial charge in [0.1, 0.15) is 11.9 Å². The smallest absolute Gasteiger partial charge is 0.419 e. The van der Waals surface area contributed by atoms with E-state index in [0.29, 0.717) is 37.8 Å². The van der Waals surface area contributed by atoms with Crippen molar-refractivity contribution in [2.45, 2.75) is 69.8 Å². The highest BCUT2D eigenvalue weighted by Gasteiger charge is 2.37. The van der Waals surface area contributed by atoms with Crippen molar-refractivity contribution in [2.24, 2.45) is 0 Å². The lowest BCUT2D eigenvalue weighted by molar-refractivity contribution is -0.140. The Kier molecular flexibility index (Phi) is 8.63. The summed E-state index contributed by atoms with van der Waals surface area (Å²) >= 11 is 0. The maximum atomic E-state index is 14.5. The van der Waals surface area contributed by atoms with Gasteiger partial charge >= 0.3 is 6.18 Å². The second-order valence-corrected chi connectivity index (χ2v) is 12.0. The SMILES string of the molecule is CCNc1cc2c(cn1)c(N1CCC(N3CCN(C)CC3)CC1)nn2[C@H]1CC[C@@H](Oc2nccc(C(F)(F)F)c2F)CC1. The molecule has 0 atom stereocenters. The molecule has 3 fully saturated rings. The van der Waals surface area contributed by atoms with Gasteiger partial charge in [0.25, 0.3) is 5.88 Å². The summed E-state index contributed by atoms with van der Waals surface area (Å²) in [6.45, 7) is 9.14. The number of hydrogen-bond acceptors (Lipinski definition) is 8. The Morgan fingerprint density at radius 3 is 2.35 bits per heavy atom. The monoisotopic (exact) mass is 604 g/mol. The van der Waals surface area contributed by atoms with Crippen LogP contribution < -0.4 is 15.0 Å². The van der Waals surface area contributed by atoms with Gasteiger partial charge in [-0.1, -0.05) is 0 Å². The van der Waals surface area contributed by atoms with Crippen LogP contribution in [0.25, 0.3) is 10.9 Å². The molecule has 2 aliphatic heterocycles. The quantitative estimate of drug-likeness (QED) is 0.370. The minimum Gasteiger partial charge on any atom is -0.472 e. The van der Waals surface area contributed by atoms with Gasteiger partial charge in [-0.25, -0.2) is 14.4 Å². The van der Waals surface area contributed by atoms with Gasteiger partial charge in [-0.2, -0.15) is 18.3 Å². The van der Waals surface area contributed by atoms with Crippen LogP contribution in [0.4, 0.5) is 29.2 Å². The summed E-state index contributed by atoms with van der Waals surface area (Å²) < 4.78 is 61.7. The largest absolute Gasteiger partial charge is 0.472 e. The van der Waals surface area contributed by atoms with E-state index in [9.17, 15) is 17.6 Å². The van der Waals surface area contributed by atoms with Crippen molar-refractivity contribution in [2.75, 3.05) is 63.1 Å². The van der Waals surface area contributed by atoms with E-state index in [0.717, 1.165) is 87.4 Å². The van der Waals surface area contributed by atoms with E-state index in [4.69, 9.17) is 9.84 Å². The third kappa shape index (κ3) is 6.38. The normalized spacial score (nSPS) is 23.2. The zero-order valence-corrected chi connectivity index (χ0v) is 24.8. The second kappa shape index (κ2) is 12.4. The molecular formula is C30H40F4N8O. The number of anilines is 2. The maximum Gasteiger partial charge on any atom is 0.419 e. The number of piperazine rings is 1.